The highest BCUT2D eigenvalue weighted by molar-refractivity contribution is 4.96. The van der Waals surface area contributed by atoms with Crippen LogP contribution in [0.3, 0.4) is 0 Å². The Bertz CT molecular complexity index is 132. The van der Waals surface area contributed by atoms with Crippen LogP contribution in [0, 0.1) is 11.3 Å². The van der Waals surface area contributed by atoms with E-state index in [0.29, 0.717) is 12.8 Å². The third-order valence-corrected chi connectivity index (χ3v) is 1.08. The van der Waals surface area contributed by atoms with Gasteiger partial charge in [-0.3, -0.25) is 0 Å². The molecule has 0 aliphatic rings. The molecule has 0 amide bonds. The summed E-state index contributed by atoms with van der Waals surface area (Å²) < 4.78 is 0. The normalized spacial score (nSPS) is 15.7. The van der Waals surface area contributed by atoms with E-state index in [-0.39, 0.29) is 0 Å². The predicted octanol–water partition coefficient (Wildman–Crippen LogP) is 1.23. The molecule has 0 radical (unpaired) electrons. The van der Waals surface area contributed by atoms with Crippen molar-refractivity contribution in [2.45, 2.75) is 25.4 Å². The van der Waals surface area contributed by atoms with E-state index < -0.39 is 5.60 Å². The average Bonchev–Trinajstić information content (AvgIpc) is 1.84. The number of nitriles is 1. The average molecular weight is 125 g/mol. The van der Waals surface area contributed by atoms with Crippen LogP contribution in [0.15, 0.2) is 12.7 Å². The van der Waals surface area contributed by atoms with Crippen LogP contribution in [0.1, 0.15) is 19.8 Å². The number of allylic oxidation sites excluding steroid dienone is 1. The Morgan fingerprint density at radius 2 is 2.44 bits per heavy atom. The summed E-state index contributed by atoms with van der Waals surface area (Å²) in [7, 11) is 0. The highest BCUT2D eigenvalue weighted by Crippen LogP contribution is 2.09. The zero-order valence-electron chi connectivity index (χ0n) is 5.59. The largest absolute Gasteiger partial charge is 0.376 e. The number of aliphatic hydroxyl groups is 1. The molecule has 0 unspecified atom stereocenters. The summed E-state index contributed by atoms with van der Waals surface area (Å²) in [5, 5.41) is 17.3. The van der Waals surface area contributed by atoms with Crippen molar-refractivity contribution in [3.05, 3.63) is 12.7 Å². The van der Waals surface area contributed by atoms with Crippen molar-refractivity contribution in [2.75, 3.05) is 0 Å². The fourth-order valence-electron chi connectivity index (χ4n) is 0.439. The minimum atomic E-state index is -1.17. The second-order valence-corrected chi connectivity index (χ2v) is 2.21. The Morgan fingerprint density at radius 1 is 1.89 bits per heavy atom. The Morgan fingerprint density at radius 3 is 2.78 bits per heavy atom. The first-order valence-electron chi connectivity index (χ1n) is 2.87. The van der Waals surface area contributed by atoms with Crippen LogP contribution in [-0.2, 0) is 0 Å². The first-order chi connectivity index (χ1) is 4.12. The molecule has 0 aromatic heterocycles. The number of hydrogen-bond donors (Lipinski definition) is 1. The summed E-state index contributed by atoms with van der Waals surface area (Å²) in [6.07, 6.45) is 2.83. The molecular formula is C7H11NO. The molecule has 0 fully saturated rings. The minimum Gasteiger partial charge on any atom is -0.376 e. The van der Waals surface area contributed by atoms with Gasteiger partial charge in [-0.25, -0.2) is 0 Å². The zero-order valence-corrected chi connectivity index (χ0v) is 5.59. The molecule has 0 aliphatic carbocycles. The molecule has 2 nitrogen and oxygen atoms in total. The molecule has 0 aromatic rings. The lowest BCUT2D eigenvalue weighted by atomic mass is 10.0. The van der Waals surface area contributed by atoms with E-state index in [1.807, 2.05) is 0 Å². The molecule has 0 saturated heterocycles. The van der Waals surface area contributed by atoms with E-state index in [4.69, 9.17) is 10.4 Å². The monoisotopic (exact) mass is 125 g/mol. The standard InChI is InChI=1S/C7H11NO/c1-3-4-5-7(2,9)6-8/h3,9H,1,4-5H2,2H3/t7-/m1/s1. The lowest BCUT2D eigenvalue weighted by Gasteiger charge is -2.10. The SMILES string of the molecule is C=CCC[C@@](C)(O)C#N. The molecule has 0 saturated carbocycles. The Balaban J connectivity index is 3.61. The van der Waals surface area contributed by atoms with E-state index in [1.165, 1.54) is 6.92 Å². The molecule has 1 atom stereocenters. The number of nitrogens with zero attached hydrogens (tertiary/aromatic N) is 1. The van der Waals surface area contributed by atoms with Gasteiger partial charge in [-0.15, -0.1) is 6.58 Å². The van der Waals surface area contributed by atoms with Gasteiger partial charge in [0.05, 0.1) is 6.07 Å². The van der Waals surface area contributed by atoms with Crippen molar-refractivity contribution in [3.8, 4) is 6.07 Å². The summed E-state index contributed by atoms with van der Waals surface area (Å²) >= 11 is 0. The number of hydrogen-bond acceptors (Lipinski definition) is 2. The van der Waals surface area contributed by atoms with E-state index in [1.54, 1.807) is 12.1 Å². The van der Waals surface area contributed by atoms with Gasteiger partial charge in [-0.2, -0.15) is 5.26 Å². The first kappa shape index (κ1) is 8.19. The van der Waals surface area contributed by atoms with Gasteiger partial charge in [0.15, 0.2) is 0 Å². The molecule has 0 spiro atoms. The van der Waals surface area contributed by atoms with Gasteiger partial charge in [0.25, 0.3) is 0 Å². The molecule has 0 aliphatic heterocycles. The minimum absolute atomic E-state index is 0.465. The smallest absolute Gasteiger partial charge is 0.148 e. The van der Waals surface area contributed by atoms with Crippen molar-refractivity contribution in [1.29, 1.82) is 5.26 Å². The molecule has 2 heteroatoms. The summed E-state index contributed by atoms with van der Waals surface area (Å²) in [5.74, 6) is 0. The van der Waals surface area contributed by atoms with Crippen LogP contribution in [0.4, 0.5) is 0 Å². The fraction of sp³-hybridized carbons (Fsp3) is 0.571. The first-order valence-corrected chi connectivity index (χ1v) is 2.87. The lowest BCUT2D eigenvalue weighted by Crippen LogP contribution is -2.20. The molecule has 0 aromatic carbocycles. The van der Waals surface area contributed by atoms with Crippen molar-refractivity contribution < 1.29 is 5.11 Å². The zero-order chi connectivity index (χ0) is 7.33. The third-order valence-electron chi connectivity index (χ3n) is 1.08. The van der Waals surface area contributed by atoms with Gasteiger partial charge in [0.2, 0.25) is 0 Å². The van der Waals surface area contributed by atoms with E-state index >= 15 is 0 Å². The van der Waals surface area contributed by atoms with Crippen LogP contribution >= 0.6 is 0 Å². The van der Waals surface area contributed by atoms with Crippen LogP contribution in [0.5, 0.6) is 0 Å². The van der Waals surface area contributed by atoms with E-state index in [9.17, 15) is 0 Å². The quantitative estimate of drug-likeness (QED) is 0.455. The third kappa shape index (κ3) is 3.75. The molecule has 1 N–H and O–H groups in total. The molecular weight excluding hydrogens is 114 g/mol. The van der Waals surface area contributed by atoms with Crippen LogP contribution in [-0.4, -0.2) is 10.7 Å². The van der Waals surface area contributed by atoms with Crippen molar-refractivity contribution in [2.24, 2.45) is 0 Å². The molecule has 50 valence electrons. The van der Waals surface area contributed by atoms with Gasteiger partial charge in [0.1, 0.15) is 5.60 Å². The van der Waals surface area contributed by atoms with E-state index in [0.717, 1.165) is 0 Å². The molecule has 0 rings (SSSR count). The van der Waals surface area contributed by atoms with Crippen molar-refractivity contribution in [1.82, 2.24) is 0 Å². The highest BCUT2D eigenvalue weighted by Gasteiger charge is 2.16. The summed E-state index contributed by atoms with van der Waals surface area (Å²) in [4.78, 5) is 0. The fourth-order valence-corrected chi connectivity index (χ4v) is 0.439. The van der Waals surface area contributed by atoms with Gasteiger partial charge >= 0.3 is 0 Å². The number of rotatable bonds is 3. The molecule has 0 bridgehead atoms. The Kier molecular flexibility index (Phi) is 2.97. The lowest BCUT2D eigenvalue weighted by molar-refractivity contribution is 0.111. The Labute approximate surface area is 55.4 Å². The van der Waals surface area contributed by atoms with Gasteiger partial charge in [-0.05, 0) is 19.8 Å². The van der Waals surface area contributed by atoms with Crippen LogP contribution in [0.2, 0.25) is 0 Å². The second-order valence-electron chi connectivity index (χ2n) is 2.21. The molecule has 0 heterocycles. The van der Waals surface area contributed by atoms with Crippen molar-refractivity contribution >= 4 is 0 Å². The van der Waals surface area contributed by atoms with Gasteiger partial charge < -0.3 is 5.11 Å². The predicted molar refractivity (Wildman–Crippen MR) is 35.7 cm³/mol. The maximum absolute atomic E-state index is 9.05. The summed E-state index contributed by atoms with van der Waals surface area (Å²) in [5.41, 5.74) is -1.17. The Hall–Kier alpha value is -0.810. The molecule has 9 heavy (non-hydrogen) atoms. The van der Waals surface area contributed by atoms with Gasteiger partial charge in [-0.1, -0.05) is 6.08 Å². The maximum atomic E-state index is 9.05. The topological polar surface area (TPSA) is 44.0 Å². The van der Waals surface area contributed by atoms with Crippen LogP contribution in [0.25, 0.3) is 0 Å². The van der Waals surface area contributed by atoms with Crippen LogP contribution < -0.4 is 0 Å². The summed E-state index contributed by atoms with van der Waals surface area (Å²) in [6, 6.07) is 1.78. The van der Waals surface area contributed by atoms with E-state index in [2.05, 4.69) is 6.58 Å². The van der Waals surface area contributed by atoms with Gasteiger partial charge in [0, 0.05) is 0 Å². The second kappa shape index (κ2) is 3.26. The van der Waals surface area contributed by atoms with Crippen molar-refractivity contribution in [3.63, 3.8) is 0 Å². The maximum Gasteiger partial charge on any atom is 0.148 e. The summed E-state index contributed by atoms with van der Waals surface area (Å²) in [6.45, 7) is 4.97. The highest BCUT2D eigenvalue weighted by atomic mass is 16.3.